The summed E-state index contributed by atoms with van der Waals surface area (Å²) in [4.78, 5) is 12.3. The van der Waals surface area contributed by atoms with Crippen molar-refractivity contribution in [1.29, 1.82) is 0 Å². The molecule has 1 aromatic carbocycles. The molecule has 2 unspecified atom stereocenters. The summed E-state index contributed by atoms with van der Waals surface area (Å²) in [6, 6.07) is 8.51. The second-order valence-corrected chi connectivity index (χ2v) is 5.80. The minimum Gasteiger partial charge on any atom is -0.352 e. The van der Waals surface area contributed by atoms with E-state index in [1.807, 2.05) is 0 Å². The highest BCUT2D eigenvalue weighted by molar-refractivity contribution is 5.79. The van der Waals surface area contributed by atoms with Gasteiger partial charge in [0.2, 0.25) is 5.91 Å². The van der Waals surface area contributed by atoms with Crippen LogP contribution < -0.4 is 11.1 Å². The Kier molecular flexibility index (Phi) is 4.59. The van der Waals surface area contributed by atoms with E-state index in [0.717, 1.165) is 19.3 Å². The van der Waals surface area contributed by atoms with Crippen LogP contribution in [0.2, 0.25) is 0 Å². The van der Waals surface area contributed by atoms with Crippen LogP contribution in [-0.4, -0.2) is 18.5 Å². The number of hydrogen-bond donors (Lipinski definition) is 2. The molecule has 1 aliphatic carbocycles. The van der Waals surface area contributed by atoms with Gasteiger partial charge in [0, 0.05) is 18.5 Å². The van der Waals surface area contributed by atoms with Crippen molar-refractivity contribution < 1.29 is 4.79 Å². The summed E-state index contributed by atoms with van der Waals surface area (Å²) in [6.07, 6.45) is 2.80. The van der Waals surface area contributed by atoms with Gasteiger partial charge >= 0.3 is 0 Å². The number of rotatable bonds is 4. The number of aryl methyl sites for hydroxylation is 1. The van der Waals surface area contributed by atoms with Crippen LogP contribution in [0.4, 0.5) is 0 Å². The van der Waals surface area contributed by atoms with Crippen LogP contribution in [0.25, 0.3) is 0 Å². The van der Waals surface area contributed by atoms with Crippen LogP contribution in [0.3, 0.4) is 0 Å². The summed E-state index contributed by atoms with van der Waals surface area (Å²) in [7, 11) is 0. The van der Waals surface area contributed by atoms with Crippen LogP contribution >= 0.6 is 0 Å². The highest BCUT2D eigenvalue weighted by atomic mass is 16.1. The lowest BCUT2D eigenvalue weighted by Gasteiger charge is -2.27. The summed E-state index contributed by atoms with van der Waals surface area (Å²) in [5, 5.41) is 3.10. The topological polar surface area (TPSA) is 55.1 Å². The number of fused-ring (bicyclic) bond motifs is 1. The van der Waals surface area contributed by atoms with Gasteiger partial charge in [0.25, 0.3) is 0 Å². The average molecular weight is 260 g/mol. The van der Waals surface area contributed by atoms with E-state index in [9.17, 15) is 4.79 Å². The van der Waals surface area contributed by atoms with Gasteiger partial charge in [0.05, 0.1) is 0 Å². The summed E-state index contributed by atoms with van der Waals surface area (Å²) in [5.74, 6) is 0.645. The average Bonchev–Trinajstić information content (AvgIpc) is 2.43. The number of benzene rings is 1. The van der Waals surface area contributed by atoms with Gasteiger partial charge < -0.3 is 11.1 Å². The number of nitrogens with one attached hydrogen (secondary N) is 1. The lowest BCUT2D eigenvalue weighted by Crippen LogP contribution is -2.46. The first-order valence-electron chi connectivity index (χ1n) is 7.19. The third-order valence-corrected chi connectivity index (χ3v) is 4.10. The maximum Gasteiger partial charge on any atom is 0.223 e. The Morgan fingerprint density at radius 2 is 2.05 bits per heavy atom. The lowest BCUT2D eigenvalue weighted by molar-refractivity contribution is -0.126. The van der Waals surface area contributed by atoms with Crippen molar-refractivity contribution in [2.45, 2.75) is 39.2 Å². The summed E-state index contributed by atoms with van der Waals surface area (Å²) in [6.45, 7) is 4.69. The molecule has 1 amide bonds. The van der Waals surface area contributed by atoms with E-state index < -0.39 is 0 Å². The van der Waals surface area contributed by atoms with Crippen LogP contribution in [0, 0.1) is 11.8 Å². The molecule has 0 aliphatic heterocycles. The Bertz CT molecular complexity index is 442. The molecule has 104 valence electrons. The molecule has 0 saturated heterocycles. The molecule has 3 N–H and O–H groups in total. The molecular formula is C16H24N2O. The second kappa shape index (κ2) is 6.20. The number of amides is 1. The fourth-order valence-electron chi connectivity index (χ4n) is 2.72. The lowest BCUT2D eigenvalue weighted by atomic mass is 9.83. The predicted molar refractivity (Wildman–Crippen MR) is 77.8 cm³/mol. The molecule has 0 bridgehead atoms. The van der Waals surface area contributed by atoms with E-state index in [1.165, 1.54) is 11.1 Å². The minimum atomic E-state index is 0.0877. The molecule has 3 heteroatoms. The zero-order valence-corrected chi connectivity index (χ0v) is 11.9. The SMILES string of the molecule is CC(C)C(CN)NC(=O)C1CCc2ccccc2C1. The molecule has 3 nitrogen and oxygen atoms in total. The molecule has 0 fully saturated rings. The van der Waals surface area contributed by atoms with Crippen LogP contribution in [-0.2, 0) is 17.6 Å². The smallest absolute Gasteiger partial charge is 0.223 e. The molecule has 0 saturated carbocycles. The van der Waals surface area contributed by atoms with Crippen molar-refractivity contribution in [2.75, 3.05) is 6.54 Å². The van der Waals surface area contributed by atoms with Gasteiger partial charge in [0.15, 0.2) is 0 Å². The van der Waals surface area contributed by atoms with Crippen molar-refractivity contribution in [3.8, 4) is 0 Å². The molecule has 2 atom stereocenters. The van der Waals surface area contributed by atoms with Gasteiger partial charge in [-0.15, -0.1) is 0 Å². The molecule has 0 aromatic heterocycles. The van der Waals surface area contributed by atoms with Gasteiger partial charge in [-0.2, -0.15) is 0 Å². The summed E-state index contributed by atoms with van der Waals surface area (Å²) < 4.78 is 0. The fourth-order valence-corrected chi connectivity index (χ4v) is 2.72. The Morgan fingerprint density at radius 1 is 1.37 bits per heavy atom. The molecular weight excluding hydrogens is 236 g/mol. The third kappa shape index (κ3) is 3.35. The van der Waals surface area contributed by atoms with Gasteiger partial charge in [-0.1, -0.05) is 38.1 Å². The van der Waals surface area contributed by atoms with Crippen LogP contribution in [0.15, 0.2) is 24.3 Å². The molecule has 1 aliphatic rings. The quantitative estimate of drug-likeness (QED) is 0.868. The zero-order valence-electron chi connectivity index (χ0n) is 11.9. The molecule has 19 heavy (non-hydrogen) atoms. The highest BCUT2D eigenvalue weighted by Crippen LogP contribution is 2.25. The van der Waals surface area contributed by atoms with E-state index in [1.54, 1.807) is 0 Å². The van der Waals surface area contributed by atoms with Gasteiger partial charge in [-0.3, -0.25) is 4.79 Å². The highest BCUT2D eigenvalue weighted by Gasteiger charge is 2.26. The number of carbonyl (C=O) groups excluding carboxylic acids is 1. The van der Waals surface area contributed by atoms with E-state index in [4.69, 9.17) is 5.73 Å². The molecule has 2 rings (SSSR count). The Hall–Kier alpha value is -1.35. The number of carbonyl (C=O) groups is 1. The minimum absolute atomic E-state index is 0.0877. The van der Waals surface area contributed by atoms with E-state index >= 15 is 0 Å². The standard InChI is InChI=1S/C16H24N2O/c1-11(2)15(10-17)18-16(19)14-8-7-12-5-3-4-6-13(12)9-14/h3-6,11,14-15H,7-10,17H2,1-2H3,(H,18,19). The molecule has 1 aromatic rings. The first-order valence-corrected chi connectivity index (χ1v) is 7.19. The predicted octanol–water partition coefficient (Wildman–Crippen LogP) is 1.89. The Balaban J connectivity index is 1.99. The van der Waals surface area contributed by atoms with Gasteiger partial charge in [0.1, 0.15) is 0 Å². The normalized spacial score (nSPS) is 19.9. The monoisotopic (exact) mass is 260 g/mol. The van der Waals surface area contributed by atoms with E-state index in [0.29, 0.717) is 12.5 Å². The van der Waals surface area contributed by atoms with Crippen molar-refractivity contribution in [3.05, 3.63) is 35.4 Å². The van der Waals surface area contributed by atoms with Crippen molar-refractivity contribution in [2.24, 2.45) is 17.6 Å². The third-order valence-electron chi connectivity index (χ3n) is 4.10. The van der Waals surface area contributed by atoms with Gasteiger partial charge in [-0.25, -0.2) is 0 Å². The zero-order chi connectivity index (χ0) is 13.8. The summed E-state index contributed by atoms with van der Waals surface area (Å²) >= 11 is 0. The van der Waals surface area contributed by atoms with Crippen molar-refractivity contribution in [3.63, 3.8) is 0 Å². The Labute approximate surface area is 115 Å². The second-order valence-electron chi connectivity index (χ2n) is 5.80. The largest absolute Gasteiger partial charge is 0.352 e. The van der Waals surface area contributed by atoms with E-state index in [-0.39, 0.29) is 17.9 Å². The molecule has 0 radical (unpaired) electrons. The fraction of sp³-hybridized carbons (Fsp3) is 0.562. The Morgan fingerprint density at radius 3 is 2.68 bits per heavy atom. The van der Waals surface area contributed by atoms with E-state index in [2.05, 4.69) is 43.4 Å². The first-order chi connectivity index (χ1) is 9.11. The molecule has 0 heterocycles. The number of hydrogen-bond acceptors (Lipinski definition) is 2. The van der Waals surface area contributed by atoms with Crippen LogP contribution in [0.5, 0.6) is 0 Å². The van der Waals surface area contributed by atoms with Crippen molar-refractivity contribution >= 4 is 5.91 Å². The maximum atomic E-state index is 12.3. The molecule has 0 spiro atoms. The maximum absolute atomic E-state index is 12.3. The van der Waals surface area contributed by atoms with Crippen molar-refractivity contribution in [1.82, 2.24) is 5.32 Å². The first kappa shape index (κ1) is 14.1. The number of nitrogens with two attached hydrogens (primary N) is 1. The summed E-state index contributed by atoms with van der Waals surface area (Å²) in [5.41, 5.74) is 8.43. The van der Waals surface area contributed by atoms with Gasteiger partial charge in [-0.05, 0) is 36.3 Å². The van der Waals surface area contributed by atoms with Crippen LogP contribution in [0.1, 0.15) is 31.4 Å².